The number of benzene rings is 3. The molecule has 3 aromatic rings. The van der Waals surface area contributed by atoms with E-state index in [2.05, 4.69) is 19.9 Å². The molecule has 0 atom stereocenters. The van der Waals surface area contributed by atoms with Crippen molar-refractivity contribution in [3.05, 3.63) is 101 Å². The number of nitrogens with zero attached hydrogens (tertiary/aromatic N) is 1. The Morgan fingerprint density at radius 1 is 0.862 bits per heavy atom. The van der Waals surface area contributed by atoms with Gasteiger partial charge in [-0.1, -0.05) is 48.9 Å². The molecular weight excluding hydrogens is 358 g/mol. The van der Waals surface area contributed by atoms with Crippen LogP contribution >= 0.6 is 0 Å². The highest BCUT2D eigenvalue weighted by molar-refractivity contribution is 5.96. The van der Waals surface area contributed by atoms with Crippen molar-refractivity contribution in [2.24, 2.45) is 4.99 Å². The highest BCUT2D eigenvalue weighted by atomic mass is 16.5. The van der Waals surface area contributed by atoms with Gasteiger partial charge in [-0.2, -0.15) is 0 Å². The van der Waals surface area contributed by atoms with Gasteiger partial charge in [0, 0.05) is 5.57 Å². The highest BCUT2D eigenvalue weighted by Crippen LogP contribution is 2.20. The maximum Gasteiger partial charge on any atom is 0.225 e. The average Bonchev–Trinajstić information content (AvgIpc) is 2.73. The predicted molar refractivity (Wildman–Crippen MR) is 120 cm³/mol. The van der Waals surface area contributed by atoms with Crippen LogP contribution < -0.4 is 9.47 Å². The van der Waals surface area contributed by atoms with Crippen molar-refractivity contribution in [2.75, 3.05) is 0 Å². The van der Waals surface area contributed by atoms with Gasteiger partial charge in [-0.05, 0) is 74.7 Å². The Balaban J connectivity index is 1.90. The van der Waals surface area contributed by atoms with Crippen molar-refractivity contribution in [1.82, 2.24) is 0 Å². The van der Waals surface area contributed by atoms with Gasteiger partial charge in [0.15, 0.2) is 0 Å². The van der Waals surface area contributed by atoms with Gasteiger partial charge in [0.2, 0.25) is 5.90 Å². The third-order valence-corrected chi connectivity index (χ3v) is 4.48. The van der Waals surface area contributed by atoms with Crippen molar-refractivity contribution in [3.63, 3.8) is 0 Å². The molecule has 0 aliphatic rings. The molecule has 148 valence electrons. The molecule has 0 spiro atoms. The minimum absolute atomic E-state index is 0.509. The molecule has 0 aromatic heterocycles. The number of ether oxygens (including phenoxy) is 2. The Kier molecular flexibility index (Phi) is 6.85. The van der Waals surface area contributed by atoms with Crippen LogP contribution in [-0.4, -0.2) is 5.90 Å². The largest absolute Gasteiger partial charge is 0.465 e. The van der Waals surface area contributed by atoms with Gasteiger partial charge in [-0.15, -0.1) is 0 Å². The second-order valence-electron chi connectivity index (χ2n) is 7.09. The SMILES string of the molecule is CCc1cccc(OC(=N\c2ccc(C)cc2)/C(C)=C/Oc2cccc(C)c2)c1. The van der Waals surface area contributed by atoms with Crippen LogP contribution in [0, 0.1) is 13.8 Å². The standard InChI is InChI=1S/C26H27NO2/c1-5-22-9-7-11-25(17-22)29-26(27-23-14-12-19(2)13-15-23)21(4)18-28-24-10-6-8-20(3)16-24/h6-18H,5H2,1-4H3/b21-18+,27-26-. The van der Waals surface area contributed by atoms with E-state index in [-0.39, 0.29) is 0 Å². The summed E-state index contributed by atoms with van der Waals surface area (Å²) >= 11 is 0. The Morgan fingerprint density at radius 3 is 2.31 bits per heavy atom. The Bertz CT molecular complexity index is 1020. The van der Waals surface area contributed by atoms with E-state index in [0.29, 0.717) is 5.90 Å². The normalized spacial score (nSPS) is 12.0. The minimum atomic E-state index is 0.509. The monoisotopic (exact) mass is 385 g/mol. The van der Waals surface area contributed by atoms with E-state index in [9.17, 15) is 0 Å². The third-order valence-electron chi connectivity index (χ3n) is 4.48. The first kappa shape index (κ1) is 20.4. The van der Waals surface area contributed by atoms with E-state index in [0.717, 1.165) is 34.7 Å². The molecule has 0 N–H and O–H groups in total. The number of hydrogen-bond acceptors (Lipinski definition) is 3. The zero-order chi connectivity index (χ0) is 20.6. The molecule has 0 unspecified atom stereocenters. The fraction of sp³-hybridized carbons (Fsp3) is 0.192. The summed E-state index contributed by atoms with van der Waals surface area (Å²) in [6.07, 6.45) is 2.64. The Labute approximate surface area is 173 Å². The van der Waals surface area contributed by atoms with Crippen molar-refractivity contribution in [3.8, 4) is 11.5 Å². The first-order valence-electron chi connectivity index (χ1n) is 9.86. The second kappa shape index (κ2) is 9.74. The van der Waals surface area contributed by atoms with Gasteiger partial charge in [-0.25, -0.2) is 4.99 Å². The smallest absolute Gasteiger partial charge is 0.225 e. The van der Waals surface area contributed by atoms with Crippen LogP contribution in [0.3, 0.4) is 0 Å². The molecule has 0 amide bonds. The van der Waals surface area contributed by atoms with Crippen LogP contribution in [0.15, 0.2) is 89.6 Å². The summed E-state index contributed by atoms with van der Waals surface area (Å²) in [6, 6.07) is 24.0. The van der Waals surface area contributed by atoms with Gasteiger partial charge in [0.25, 0.3) is 0 Å². The van der Waals surface area contributed by atoms with Gasteiger partial charge >= 0.3 is 0 Å². The lowest BCUT2D eigenvalue weighted by molar-refractivity contribution is 0.473. The van der Waals surface area contributed by atoms with E-state index in [4.69, 9.17) is 14.5 Å². The summed E-state index contributed by atoms with van der Waals surface area (Å²) in [5, 5.41) is 0. The lowest BCUT2D eigenvalue weighted by Crippen LogP contribution is -2.11. The summed E-state index contributed by atoms with van der Waals surface area (Å²) < 4.78 is 12.0. The molecule has 0 fully saturated rings. The first-order chi connectivity index (χ1) is 14.0. The number of hydrogen-bond donors (Lipinski definition) is 0. The predicted octanol–water partition coefficient (Wildman–Crippen LogP) is 6.96. The van der Waals surface area contributed by atoms with Crippen molar-refractivity contribution < 1.29 is 9.47 Å². The quantitative estimate of drug-likeness (QED) is 0.261. The highest BCUT2D eigenvalue weighted by Gasteiger charge is 2.08. The first-order valence-corrected chi connectivity index (χ1v) is 9.86. The Morgan fingerprint density at radius 2 is 1.59 bits per heavy atom. The van der Waals surface area contributed by atoms with Crippen LogP contribution in [-0.2, 0) is 6.42 Å². The molecule has 3 aromatic carbocycles. The van der Waals surface area contributed by atoms with Crippen LogP contribution in [0.4, 0.5) is 5.69 Å². The molecule has 0 aliphatic carbocycles. The molecule has 3 heteroatoms. The van der Waals surface area contributed by atoms with E-state index in [1.54, 1.807) is 6.26 Å². The molecule has 0 aliphatic heterocycles. The fourth-order valence-corrected chi connectivity index (χ4v) is 2.76. The topological polar surface area (TPSA) is 30.8 Å². The molecule has 0 bridgehead atoms. The molecule has 3 nitrogen and oxygen atoms in total. The second-order valence-corrected chi connectivity index (χ2v) is 7.09. The van der Waals surface area contributed by atoms with E-state index in [1.165, 1.54) is 11.1 Å². The summed E-state index contributed by atoms with van der Waals surface area (Å²) in [6.45, 7) is 8.16. The summed E-state index contributed by atoms with van der Waals surface area (Å²) in [7, 11) is 0. The number of aryl methyl sites for hydroxylation is 3. The lowest BCUT2D eigenvalue weighted by atomic mass is 10.2. The Hall–Kier alpha value is -3.33. The van der Waals surface area contributed by atoms with Gasteiger partial charge in [0.05, 0.1) is 11.9 Å². The van der Waals surface area contributed by atoms with Crippen LogP contribution in [0.2, 0.25) is 0 Å². The van der Waals surface area contributed by atoms with E-state index < -0.39 is 0 Å². The van der Waals surface area contributed by atoms with Crippen LogP contribution in [0.25, 0.3) is 0 Å². The van der Waals surface area contributed by atoms with Crippen molar-refractivity contribution in [1.29, 1.82) is 0 Å². The minimum Gasteiger partial charge on any atom is -0.465 e. The lowest BCUT2D eigenvalue weighted by Gasteiger charge is -2.11. The maximum absolute atomic E-state index is 6.17. The molecule has 0 radical (unpaired) electrons. The van der Waals surface area contributed by atoms with Gasteiger partial charge in [0.1, 0.15) is 11.5 Å². The average molecular weight is 386 g/mol. The van der Waals surface area contributed by atoms with Gasteiger partial charge in [-0.3, -0.25) is 0 Å². The van der Waals surface area contributed by atoms with Crippen LogP contribution in [0.1, 0.15) is 30.5 Å². The third kappa shape index (κ3) is 6.08. The zero-order valence-corrected chi connectivity index (χ0v) is 17.5. The molecule has 0 heterocycles. The molecule has 0 saturated carbocycles. The van der Waals surface area contributed by atoms with Gasteiger partial charge < -0.3 is 9.47 Å². The molecule has 0 saturated heterocycles. The molecule has 29 heavy (non-hydrogen) atoms. The number of aliphatic imine (C=N–C) groups is 1. The summed E-state index contributed by atoms with van der Waals surface area (Å²) in [5.41, 5.74) is 5.19. The van der Waals surface area contributed by atoms with Crippen LogP contribution in [0.5, 0.6) is 11.5 Å². The van der Waals surface area contributed by atoms with E-state index >= 15 is 0 Å². The zero-order valence-electron chi connectivity index (χ0n) is 17.5. The molecule has 3 rings (SSSR count). The summed E-state index contributed by atoms with van der Waals surface area (Å²) in [4.78, 5) is 4.73. The maximum atomic E-state index is 6.17. The van der Waals surface area contributed by atoms with Crippen molar-refractivity contribution >= 4 is 11.6 Å². The fourth-order valence-electron chi connectivity index (χ4n) is 2.76. The summed E-state index contributed by atoms with van der Waals surface area (Å²) in [5.74, 6) is 2.06. The number of rotatable bonds is 6. The van der Waals surface area contributed by atoms with E-state index in [1.807, 2.05) is 80.6 Å². The molecular formula is C26H27NO2. The van der Waals surface area contributed by atoms with Crippen molar-refractivity contribution in [2.45, 2.75) is 34.1 Å².